The molecule has 14 heavy (non-hydrogen) atoms. The van der Waals surface area contributed by atoms with Gasteiger partial charge in [-0.15, -0.1) is 0 Å². The zero-order valence-corrected chi connectivity index (χ0v) is 8.22. The third-order valence-corrected chi connectivity index (χ3v) is 2.28. The van der Waals surface area contributed by atoms with Gasteiger partial charge >= 0.3 is 6.18 Å². The van der Waals surface area contributed by atoms with E-state index in [4.69, 9.17) is 5.11 Å². The van der Waals surface area contributed by atoms with Crippen LogP contribution in [0.2, 0.25) is 0 Å². The second-order valence-electron chi connectivity index (χ2n) is 3.95. The van der Waals surface area contributed by atoms with Gasteiger partial charge in [0.15, 0.2) is 0 Å². The molecule has 1 N–H and O–H groups in total. The first-order chi connectivity index (χ1) is 6.38. The monoisotopic (exact) mass is 211 g/mol. The Hall–Kier alpha value is -0.290. The normalized spacial score (nSPS) is 20.1. The van der Waals surface area contributed by atoms with E-state index in [2.05, 4.69) is 0 Å². The molecule has 1 unspecified atom stereocenters. The van der Waals surface area contributed by atoms with Crippen molar-refractivity contribution in [2.45, 2.75) is 44.5 Å². The van der Waals surface area contributed by atoms with Crippen LogP contribution < -0.4 is 0 Å². The molecule has 0 aromatic heterocycles. The van der Waals surface area contributed by atoms with E-state index in [9.17, 15) is 13.2 Å². The van der Waals surface area contributed by atoms with Crippen LogP contribution in [0.5, 0.6) is 0 Å². The average Bonchev–Trinajstić information content (AvgIpc) is 2.77. The topological polar surface area (TPSA) is 23.5 Å². The molecule has 0 radical (unpaired) electrons. The quantitative estimate of drug-likeness (QED) is 0.749. The van der Waals surface area contributed by atoms with Crippen LogP contribution in [0.15, 0.2) is 0 Å². The standard InChI is InChI=1S/C9H16F3NO/c1-7(14)4-5-13(8-2-3-8)6-9(10,11)12/h7-8,14H,2-6H2,1H3. The highest BCUT2D eigenvalue weighted by molar-refractivity contribution is 4.85. The zero-order valence-electron chi connectivity index (χ0n) is 8.22. The lowest BCUT2D eigenvalue weighted by molar-refractivity contribution is -0.147. The lowest BCUT2D eigenvalue weighted by atomic mass is 10.2. The third-order valence-electron chi connectivity index (χ3n) is 2.28. The second-order valence-corrected chi connectivity index (χ2v) is 3.95. The van der Waals surface area contributed by atoms with Gasteiger partial charge in [0.05, 0.1) is 12.6 Å². The molecule has 1 atom stereocenters. The first-order valence-electron chi connectivity index (χ1n) is 4.87. The molecular weight excluding hydrogens is 195 g/mol. The van der Waals surface area contributed by atoms with Gasteiger partial charge in [-0.1, -0.05) is 0 Å². The first-order valence-corrected chi connectivity index (χ1v) is 4.87. The number of nitrogens with zero attached hydrogens (tertiary/aromatic N) is 1. The Morgan fingerprint density at radius 2 is 2.00 bits per heavy atom. The SMILES string of the molecule is CC(O)CCN(CC(F)(F)F)C1CC1. The Labute approximate surface area is 81.7 Å². The molecule has 1 aliphatic rings. The van der Waals surface area contributed by atoms with Crippen molar-refractivity contribution in [3.8, 4) is 0 Å². The second kappa shape index (κ2) is 4.49. The summed E-state index contributed by atoms with van der Waals surface area (Å²) in [4.78, 5) is 1.42. The van der Waals surface area contributed by atoms with E-state index in [0.717, 1.165) is 12.8 Å². The lowest BCUT2D eigenvalue weighted by Crippen LogP contribution is -2.37. The molecular formula is C9H16F3NO. The van der Waals surface area contributed by atoms with Gasteiger partial charge in [-0.25, -0.2) is 0 Å². The van der Waals surface area contributed by atoms with Crippen LogP contribution in [0.1, 0.15) is 26.2 Å². The van der Waals surface area contributed by atoms with Crippen LogP contribution in [0, 0.1) is 0 Å². The maximum atomic E-state index is 12.1. The summed E-state index contributed by atoms with van der Waals surface area (Å²) in [6.07, 6.45) is -2.52. The maximum Gasteiger partial charge on any atom is 0.401 e. The molecule has 84 valence electrons. The van der Waals surface area contributed by atoms with Crippen molar-refractivity contribution in [2.75, 3.05) is 13.1 Å². The highest BCUT2D eigenvalue weighted by atomic mass is 19.4. The molecule has 0 bridgehead atoms. The number of hydrogen-bond donors (Lipinski definition) is 1. The molecule has 1 saturated carbocycles. The molecule has 0 amide bonds. The third kappa shape index (κ3) is 4.81. The van der Waals surface area contributed by atoms with E-state index in [1.807, 2.05) is 0 Å². The Morgan fingerprint density at radius 1 is 1.43 bits per heavy atom. The fraction of sp³-hybridized carbons (Fsp3) is 1.00. The van der Waals surface area contributed by atoms with Gasteiger partial charge < -0.3 is 5.11 Å². The van der Waals surface area contributed by atoms with Crippen molar-refractivity contribution in [2.24, 2.45) is 0 Å². The lowest BCUT2D eigenvalue weighted by Gasteiger charge is -2.23. The summed E-state index contributed by atoms with van der Waals surface area (Å²) in [5.41, 5.74) is 0. The maximum absolute atomic E-state index is 12.1. The van der Waals surface area contributed by atoms with E-state index in [1.54, 1.807) is 6.92 Å². The van der Waals surface area contributed by atoms with Crippen LogP contribution in [0.3, 0.4) is 0 Å². The molecule has 1 rings (SSSR count). The molecule has 1 fully saturated rings. The van der Waals surface area contributed by atoms with Crippen molar-refractivity contribution in [3.05, 3.63) is 0 Å². The van der Waals surface area contributed by atoms with E-state index >= 15 is 0 Å². The Balaban J connectivity index is 2.32. The van der Waals surface area contributed by atoms with Gasteiger partial charge in [0.2, 0.25) is 0 Å². The summed E-state index contributed by atoms with van der Waals surface area (Å²) in [6, 6.07) is 0.0929. The predicted molar refractivity (Wildman–Crippen MR) is 46.9 cm³/mol. The number of alkyl halides is 3. The number of aliphatic hydroxyl groups excluding tert-OH is 1. The van der Waals surface area contributed by atoms with Crippen LogP contribution >= 0.6 is 0 Å². The minimum absolute atomic E-state index is 0.0929. The van der Waals surface area contributed by atoms with Gasteiger partial charge in [0, 0.05) is 12.6 Å². The van der Waals surface area contributed by atoms with Crippen molar-refractivity contribution < 1.29 is 18.3 Å². The summed E-state index contributed by atoms with van der Waals surface area (Å²) in [5.74, 6) is 0. The highest BCUT2D eigenvalue weighted by Gasteiger charge is 2.37. The average molecular weight is 211 g/mol. The molecule has 0 aromatic carbocycles. The number of aliphatic hydroxyl groups is 1. The summed E-state index contributed by atoms with van der Waals surface area (Å²) < 4.78 is 36.3. The minimum Gasteiger partial charge on any atom is -0.393 e. The summed E-state index contributed by atoms with van der Waals surface area (Å²) >= 11 is 0. The van der Waals surface area contributed by atoms with Gasteiger partial charge in [-0.2, -0.15) is 13.2 Å². The molecule has 1 aliphatic carbocycles. The fourth-order valence-electron chi connectivity index (χ4n) is 1.41. The smallest absolute Gasteiger partial charge is 0.393 e. The van der Waals surface area contributed by atoms with Crippen molar-refractivity contribution >= 4 is 0 Å². The summed E-state index contributed by atoms with van der Waals surface area (Å²) in [6.45, 7) is 1.09. The van der Waals surface area contributed by atoms with Crippen LogP contribution in [-0.4, -0.2) is 41.4 Å². The Kier molecular flexibility index (Phi) is 3.78. The van der Waals surface area contributed by atoms with Gasteiger partial charge in [-0.3, -0.25) is 4.90 Å². The van der Waals surface area contributed by atoms with Crippen LogP contribution in [0.4, 0.5) is 13.2 Å². The van der Waals surface area contributed by atoms with Crippen molar-refractivity contribution in [3.63, 3.8) is 0 Å². The Morgan fingerprint density at radius 3 is 2.36 bits per heavy atom. The van der Waals surface area contributed by atoms with E-state index in [1.165, 1.54) is 4.90 Å². The van der Waals surface area contributed by atoms with E-state index < -0.39 is 18.8 Å². The summed E-state index contributed by atoms with van der Waals surface area (Å²) in [7, 11) is 0. The molecule has 2 nitrogen and oxygen atoms in total. The van der Waals surface area contributed by atoms with Crippen LogP contribution in [0.25, 0.3) is 0 Å². The van der Waals surface area contributed by atoms with E-state index in [0.29, 0.717) is 13.0 Å². The molecule has 0 aliphatic heterocycles. The largest absolute Gasteiger partial charge is 0.401 e. The van der Waals surface area contributed by atoms with Crippen molar-refractivity contribution in [1.82, 2.24) is 4.90 Å². The minimum atomic E-state index is -4.12. The number of halogens is 3. The molecule has 0 spiro atoms. The summed E-state index contributed by atoms with van der Waals surface area (Å²) in [5, 5.41) is 8.99. The van der Waals surface area contributed by atoms with Crippen LogP contribution in [-0.2, 0) is 0 Å². The number of hydrogen-bond acceptors (Lipinski definition) is 2. The first kappa shape index (κ1) is 11.8. The van der Waals surface area contributed by atoms with Gasteiger partial charge in [0.1, 0.15) is 0 Å². The highest BCUT2D eigenvalue weighted by Crippen LogP contribution is 2.30. The van der Waals surface area contributed by atoms with Crippen molar-refractivity contribution in [1.29, 1.82) is 0 Å². The Bertz CT molecular complexity index is 177. The fourth-order valence-corrected chi connectivity index (χ4v) is 1.41. The molecule has 5 heteroatoms. The van der Waals surface area contributed by atoms with E-state index in [-0.39, 0.29) is 6.04 Å². The zero-order chi connectivity index (χ0) is 10.8. The van der Waals surface area contributed by atoms with Gasteiger partial charge in [-0.05, 0) is 26.2 Å². The van der Waals surface area contributed by atoms with Gasteiger partial charge in [0.25, 0.3) is 0 Å². The predicted octanol–water partition coefficient (Wildman–Crippen LogP) is 1.78. The molecule has 0 saturated heterocycles. The number of rotatable bonds is 5. The molecule has 0 heterocycles. The molecule has 0 aromatic rings.